The standard InChI is InChI=1S/C20H25FN2O4/c21-16-7-3-13(4-8-16)19(25)23-11-1-2-15(12-23)18(24)22-17-9-5-14(6-10-17)20(26)27/h3-4,7-8,14-15,17H,1-2,5-6,9-12H2,(H,22,24)(H,26,27). The number of halogens is 1. The average molecular weight is 376 g/mol. The summed E-state index contributed by atoms with van der Waals surface area (Å²) in [6.45, 7) is 0.941. The van der Waals surface area contributed by atoms with Gasteiger partial charge in [0.2, 0.25) is 5.91 Å². The third kappa shape index (κ3) is 4.84. The molecule has 1 aliphatic carbocycles. The molecule has 0 radical (unpaired) electrons. The number of carbonyl (C=O) groups excluding carboxylic acids is 2. The van der Waals surface area contributed by atoms with Crippen LogP contribution in [0.15, 0.2) is 24.3 Å². The predicted octanol–water partition coefficient (Wildman–Crippen LogP) is 2.44. The van der Waals surface area contributed by atoms with E-state index in [0.29, 0.717) is 44.3 Å². The summed E-state index contributed by atoms with van der Waals surface area (Å²) in [5.41, 5.74) is 0.421. The number of carboxylic acid groups (broad SMARTS) is 1. The number of carbonyl (C=O) groups is 3. The maximum atomic E-state index is 13.0. The molecule has 27 heavy (non-hydrogen) atoms. The third-order valence-corrected chi connectivity index (χ3v) is 5.59. The molecule has 0 spiro atoms. The molecule has 1 unspecified atom stereocenters. The number of likely N-dealkylation sites (tertiary alicyclic amines) is 1. The molecule has 2 amide bonds. The lowest BCUT2D eigenvalue weighted by atomic mass is 9.85. The van der Waals surface area contributed by atoms with Gasteiger partial charge in [-0.15, -0.1) is 0 Å². The number of piperidine rings is 1. The molecule has 1 heterocycles. The van der Waals surface area contributed by atoms with Crippen LogP contribution in [0.4, 0.5) is 4.39 Å². The second-order valence-electron chi connectivity index (χ2n) is 7.49. The maximum Gasteiger partial charge on any atom is 0.306 e. The molecule has 146 valence electrons. The molecule has 0 bridgehead atoms. The summed E-state index contributed by atoms with van der Waals surface area (Å²) in [6, 6.07) is 5.45. The highest BCUT2D eigenvalue weighted by atomic mass is 19.1. The van der Waals surface area contributed by atoms with Gasteiger partial charge in [0.25, 0.3) is 5.91 Å². The Morgan fingerprint density at radius 2 is 1.67 bits per heavy atom. The van der Waals surface area contributed by atoms with E-state index in [1.807, 2.05) is 0 Å². The number of hydrogen-bond donors (Lipinski definition) is 2. The van der Waals surface area contributed by atoms with Crippen LogP contribution in [-0.4, -0.2) is 46.9 Å². The molecule has 7 heteroatoms. The Hall–Kier alpha value is -2.44. The maximum absolute atomic E-state index is 13.0. The van der Waals surface area contributed by atoms with Crippen LogP contribution < -0.4 is 5.32 Å². The molecule has 1 aromatic carbocycles. The number of aliphatic carboxylic acids is 1. The number of carboxylic acids is 1. The normalized spacial score (nSPS) is 25.7. The van der Waals surface area contributed by atoms with Gasteiger partial charge in [-0.25, -0.2) is 4.39 Å². The molecule has 2 aliphatic rings. The van der Waals surface area contributed by atoms with E-state index >= 15 is 0 Å². The van der Waals surface area contributed by atoms with Gasteiger partial charge in [0.1, 0.15) is 5.82 Å². The lowest BCUT2D eigenvalue weighted by Gasteiger charge is -2.34. The lowest BCUT2D eigenvalue weighted by molar-refractivity contribution is -0.142. The highest BCUT2D eigenvalue weighted by Crippen LogP contribution is 2.25. The van der Waals surface area contributed by atoms with Gasteiger partial charge in [-0.3, -0.25) is 14.4 Å². The topological polar surface area (TPSA) is 86.7 Å². The van der Waals surface area contributed by atoms with Gasteiger partial charge in [0.05, 0.1) is 11.8 Å². The van der Waals surface area contributed by atoms with Crippen LogP contribution in [0.3, 0.4) is 0 Å². The van der Waals surface area contributed by atoms with Gasteiger partial charge in [0, 0.05) is 24.7 Å². The van der Waals surface area contributed by atoms with E-state index in [1.54, 1.807) is 4.90 Å². The van der Waals surface area contributed by atoms with Gasteiger partial charge in [-0.05, 0) is 62.8 Å². The van der Waals surface area contributed by atoms with Crippen molar-refractivity contribution >= 4 is 17.8 Å². The number of nitrogens with one attached hydrogen (secondary N) is 1. The minimum absolute atomic E-state index is 0.0104. The smallest absolute Gasteiger partial charge is 0.306 e. The fourth-order valence-electron chi connectivity index (χ4n) is 3.95. The van der Waals surface area contributed by atoms with Gasteiger partial charge >= 0.3 is 5.97 Å². The van der Waals surface area contributed by atoms with E-state index in [0.717, 1.165) is 12.8 Å². The van der Waals surface area contributed by atoms with Crippen molar-refractivity contribution in [2.24, 2.45) is 11.8 Å². The van der Waals surface area contributed by atoms with Gasteiger partial charge < -0.3 is 15.3 Å². The van der Waals surface area contributed by atoms with Crippen molar-refractivity contribution in [1.29, 1.82) is 0 Å². The summed E-state index contributed by atoms with van der Waals surface area (Å²) in [5.74, 6) is -1.97. The summed E-state index contributed by atoms with van der Waals surface area (Å²) in [4.78, 5) is 37.9. The minimum atomic E-state index is -0.762. The molecule has 6 nitrogen and oxygen atoms in total. The molecular weight excluding hydrogens is 351 g/mol. The molecule has 3 rings (SSSR count). The van der Waals surface area contributed by atoms with Crippen LogP contribution in [0, 0.1) is 17.7 Å². The second-order valence-corrected chi connectivity index (χ2v) is 7.49. The molecule has 1 saturated heterocycles. The van der Waals surface area contributed by atoms with Crippen LogP contribution in [0.1, 0.15) is 48.9 Å². The van der Waals surface area contributed by atoms with E-state index in [-0.39, 0.29) is 35.5 Å². The highest BCUT2D eigenvalue weighted by molar-refractivity contribution is 5.94. The molecule has 1 aromatic rings. The molecule has 1 atom stereocenters. The Kier molecular flexibility index (Phi) is 6.08. The average Bonchev–Trinajstić information content (AvgIpc) is 2.68. The van der Waals surface area contributed by atoms with Gasteiger partial charge in [-0.2, -0.15) is 0 Å². The largest absolute Gasteiger partial charge is 0.481 e. The van der Waals surface area contributed by atoms with Crippen LogP contribution in [0.2, 0.25) is 0 Å². The molecule has 1 saturated carbocycles. The van der Waals surface area contributed by atoms with Crippen molar-refractivity contribution in [2.75, 3.05) is 13.1 Å². The molecule has 2 fully saturated rings. The molecular formula is C20H25FN2O4. The first-order chi connectivity index (χ1) is 12.9. The fourth-order valence-corrected chi connectivity index (χ4v) is 3.95. The SMILES string of the molecule is O=C(O)C1CCC(NC(=O)C2CCCN(C(=O)c3ccc(F)cc3)C2)CC1. The summed E-state index contributed by atoms with van der Waals surface area (Å²) in [5, 5.41) is 12.1. The summed E-state index contributed by atoms with van der Waals surface area (Å²) < 4.78 is 13.0. The van der Waals surface area contributed by atoms with E-state index < -0.39 is 5.97 Å². The van der Waals surface area contributed by atoms with E-state index in [1.165, 1.54) is 24.3 Å². The number of rotatable bonds is 4. The Bertz CT molecular complexity index is 698. The van der Waals surface area contributed by atoms with E-state index in [9.17, 15) is 18.8 Å². The van der Waals surface area contributed by atoms with Crippen molar-refractivity contribution in [1.82, 2.24) is 10.2 Å². The van der Waals surface area contributed by atoms with Gasteiger partial charge in [-0.1, -0.05) is 0 Å². The van der Waals surface area contributed by atoms with Gasteiger partial charge in [0.15, 0.2) is 0 Å². The van der Waals surface area contributed by atoms with E-state index in [4.69, 9.17) is 5.11 Å². The second kappa shape index (κ2) is 8.50. The van der Waals surface area contributed by atoms with Crippen molar-refractivity contribution in [3.05, 3.63) is 35.6 Å². The minimum Gasteiger partial charge on any atom is -0.481 e. The zero-order valence-electron chi connectivity index (χ0n) is 15.2. The van der Waals surface area contributed by atoms with Crippen molar-refractivity contribution in [3.63, 3.8) is 0 Å². The Labute approximate surface area is 157 Å². The highest BCUT2D eigenvalue weighted by Gasteiger charge is 2.32. The quantitative estimate of drug-likeness (QED) is 0.845. The molecule has 0 aromatic heterocycles. The molecule has 2 N–H and O–H groups in total. The van der Waals surface area contributed by atoms with Crippen molar-refractivity contribution < 1.29 is 23.9 Å². The first kappa shape index (κ1) is 19.3. The molecule has 1 aliphatic heterocycles. The fraction of sp³-hybridized carbons (Fsp3) is 0.550. The first-order valence-corrected chi connectivity index (χ1v) is 9.52. The number of nitrogens with zero attached hydrogens (tertiary/aromatic N) is 1. The third-order valence-electron chi connectivity index (χ3n) is 5.59. The zero-order chi connectivity index (χ0) is 19.4. The van der Waals surface area contributed by atoms with Crippen LogP contribution in [-0.2, 0) is 9.59 Å². The number of hydrogen-bond acceptors (Lipinski definition) is 3. The number of amides is 2. The Balaban J connectivity index is 1.53. The monoisotopic (exact) mass is 376 g/mol. The van der Waals surface area contributed by atoms with Crippen molar-refractivity contribution in [3.8, 4) is 0 Å². The number of benzene rings is 1. The van der Waals surface area contributed by atoms with Crippen LogP contribution in [0.25, 0.3) is 0 Å². The van der Waals surface area contributed by atoms with Crippen molar-refractivity contribution in [2.45, 2.75) is 44.6 Å². The Morgan fingerprint density at radius 1 is 1.00 bits per heavy atom. The lowest BCUT2D eigenvalue weighted by Crippen LogP contribution is -2.48. The van der Waals surface area contributed by atoms with Crippen LogP contribution in [0.5, 0.6) is 0 Å². The predicted molar refractivity (Wildman–Crippen MR) is 96.6 cm³/mol. The van der Waals surface area contributed by atoms with Crippen LogP contribution >= 0.6 is 0 Å². The zero-order valence-corrected chi connectivity index (χ0v) is 15.2. The van der Waals surface area contributed by atoms with E-state index in [2.05, 4.69) is 5.32 Å². The summed E-state index contributed by atoms with van der Waals surface area (Å²) in [7, 11) is 0. The first-order valence-electron chi connectivity index (χ1n) is 9.52. The Morgan fingerprint density at radius 3 is 2.30 bits per heavy atom. The summed E-state index contributed by atoms with van der Waals surface area (Å²) in [6.07, 6.45) is 3.99. The summed E-state index contributed by atoms with van der Waals surface area (Å²) >= 11 is 0.